The van der Waals surface area contributed by atoms with Gasteiger partial charge in [0, 0.05) is 5.56 Å². The normalized spacial score (nSPS) is 10.5. The van der Waals surface area contributed by atoms with Crippen molar-refractivity contribution in [1.82, 2.24) is 0 Å². The summed E-state index contributed by atoms with van der Waals surface area (Å²) < 4.78 is 0. The summed E-state index contributed by atoms with van der Waals surface area (Å²) in [4.78, 5) is 23.6. The average molecular weight is 249 g/mol. The van der Waals surface area contributed by atoms with Gasteiger partial charge in [0.1, 0.15) is 5.69 Å². The van der Waals surface area contributed by atoms with Crippen LogP contribution in [0.3, 0.4) is 0 Å². The second-order valence-corrected chi connectivity index (χ2v) is 4.27. The summed E-state index contributed by atoms with van der Waals surface area (Å²) in [6, 6.07) is 18.2. The zero-order valence-electron chi connectivity index (χ0n) is 10.1. The van der Waals surface area contributed by atoms with E-state index in [9.17, 15) is 9.59 Å². The van der Waals surface area contributed by atoms with Gasteiger partial charge in [-0.15, -0.1) is 0 Å². The lowest BCUT2D eigenvalue weighted by molar-refractivity contribution is 0.102. The molecule has 0 aliphatic heterocycles. The summed E-state index contributed by atoms with van der Waals surface area (Å²) >= 11 is 0. The van der Waals surface area contributed by atoms with Gasteiger partial charge < -0.3 is 5.32 Å². The second kappa shape index (κ2) is 4.53. The Kier molecular flexibility index (Phi) is 2.72. The molecule has 0 saturated carbocycles. The van der Waals surface area contributed by atoms with Crippen molar-refractivity contribution in [1.29, 1.82) is 0 Å². The Morgan fingerprint density at radius 1 is 0.842 bits per heavy atom. The van der Waals surface area contributed by atoms with Crippen molar-refractivity contribution in [3.05, 3.63) is 76.5 Å². The number of carbonyl (C=O) groups is 1. The fraction of sp³-hybridized carbons (Fsp3) is 0. The van der Waals surface area contributed by atoms with E-state index in [1.165, 1.54) is 0 Å². The lowest BCUT2D eigenvalue weighted by Gasteiger charge is -1.99. The van der Waals surface area contributed by atoms with Crippen molar-refractivity contribution >= 4 is 11.6 Å². The van der Waals surface area contributed by atoms with E-state index in [2.05, 4.69) is 5.32 Å². The molecule has 0 atom stereocenters. The smallest absolute Gasteiger partial charge is 0.255 e. The third-order valence-electron chi connectivity index (χ3n) is 2.98. The SMILES string of the molecule is O=C(Nc1c(-c2ccccc2)c1=O)c1ccccc1. The molecule has 92 valence electrons. The molecule has 0 spiro atoms. The van der Waals surface area contributed by atoms with Crippen LogP contribution in [0.4, 0.5) is 5.69 Å². The van der Waals surface area contributed by atoms with E-state index in [-0.39, 0.29) is 11.3 Å². The van der Waals surface area contributed by atoms with Gasteiger partial charge in [0.05, 0.1) is 5.56 Å². The number of benzene rings is 2. The highest BCUT2D eigenvalue weighted by Gasteiger charge is 2.25. The minimum Gasteiger partial charge on any atom is -0.318 e. The number of carbonyl (C=O) groups excluding carboxylic acids is 1. The highest BCUT2D eigenvalue weighted by Crippen LogP contribution is 2.30. The second-order valence-electron chi connectivity index (χ2n) is 4.27. The van der Waals surface area contributed by atoms with Gasteiger partial charge in [0.25, 0.3) is 5.91 Å². The number of hydrogen-bond donors (Lipinski definition) is 1. The first-order chi connectivity index (χ1) is 9.27. The number of anilines is 1. The predicted molar refractivity (Wildman–Crippen MR) is 74.9 cm³/mol. The fourth-order valence-corrected chi connectivity index (χ4v) is 1.95. The molecule has 3 aromatic rings. The van der Waals surface area contributed by atoms with E-state index in [4.69, 9.17) is 0 Å². The quantitative estimate of drug-likeness (QED) is 0.775. The van der Waals surface area contributed by atoms with E-state index in [0.717, 1.165) is 5.56 Å². The van der Waals surface area contributed by atoms with Crippen LogP contribution in [0.1, 0.15) is 10.4 Å². The van der Waals surface area contributed by atoms with Crippen LogP contribution in [0.15, 0.2) is 65.5 Å². The Morgan fingerprint density at radius 2 is 1.42 bits per heavy atom. The largest absolute Gasteiger partial charge is 0.318 e. The minimum absolute atomic E-state index is 0.0875. The number of nitrogens with one attached hydrogen (secondary N) is 1. The van der Waals surface area contributed by atoms with Gasteiger partial charge >= 0.3 is 0 Å². The molecule has 3 aromatic carbocycles. The monoisotopic (exact) mass is 249 g/mol. The molecular weight excluding hydrogens is 238 g/mol. The molecule has 0 saturated heterocycles. The zero-order valence-corrected chi connectivity index (χ0v) is 10.1. The molecule has 0 radical (unpaired) electrons. The van der Waals surface area contributed by atoms with E-state index in [0.29, 0.717) is 16.8 Å². The Balaban J connectivity index is 1.80. The number of rotatable bonds is 3. The first kappa shape index (κ1) is 11.4. The first-order valence-electron chi connectivity index (χ1n) is 5.98. The first-order valence-corrected chi connectivity index (χ1v) is 5.98. The van der Waals surface area contributed by atoms with Gasteiger partial charge in [0.2, 0.25) is 5.43 Å². The Bertz CT molecular complexity index is 723. The molecule has 0 aliphatic rings. The van der Waals surface area contributed by atoms with Crippen molar-refractivity contribution in [2.45, 2.75) is 0 Å². The highest BCUT2D eigenvalue weighted by molar-refractivity contribution is 6.09. The summed E-state index contributed by atoms with van der Waals surface area (Å²) in [6.07, 6.45) is 0. The lowest BCUT2D eigenvalue weighted by atomic mass is 10.2. The molecule has 3 heteroatoms. The Labute approximate surface area is 110 Å². The summed E-state index contributed by atoms with van der Waals surface area (Å²) in [5.74, 6) is -0.255. The summed E-state index contributed by atoms with van der Waals surface area (Å²) in [5, 5.41) is 2.66. The molecule has 1 N–H and O–H groups in total. The maximum absolute atomic E-state index is 11.9. The van der Waals surface area contributed by atoms with Crippen LogP contribution in [-0.4, -0.2) is 5.91 Å². The predicted octanol–water partition coefficient (Wildman–Crippen LogP) is 2.84. The van der Waals surface area contributed by atoms with Gasteiger partial charge in [-0.3, -0.25) is 9.59 Å². The third kappa shape index (κ3) is 2.18. The molecule has 0 unspecified atom stereocenters. The number of hydrogen-bond acceptors (Lipinski definition) is 2. The molecule has 0 heterocycles. The van der Waals surface area contributed by atoms with Crippen LogP contribution in [0.2, 0.25) is 0 Å². The van der Waals surface area contributed by atoms with Crippen molar-refractivity contribution in [3.63, 3.8) is 0 Å². The minimum atomic E-state index is -0.255. The maximum Gasteiger partial charge on any atom is 0.255 e. The van der Waals surface area contributed by atoms with Gasteiger partial charge in [-0.1, -0.05) is 48.5 Å². The molecule has 0 aromatic heterocycles. The van der Waals surface area contributed by atoms with E-state index in [1.54, 1.807) is 24.3 Å². The van der Waals surface area contributed by atoms with Crippen LogP contribution in [0.5, 0.6) is 0 Å². The molecular formula is C16H11NO2. The van der Waals surface area contributed by atoms with Crippen molar-refractivity contribution in [3.8, 4) is 11.1 Å². The topological polar surface area (TPSA) is 46.2 Å². The van der Waals surface area contributed by atoms with Gasteiger partial charge in [-0.05, 0) is 17.7 Å². The van der Waals surface area contributed by atoms with Gasteiger partial charge in [0.15, 0.2) is 0 Å². The third-order valence-corrected chi connectivity index (χ3v) is 2.98. The molecule has 3 nitrogen and oxygen atoms in total. The van der Waals surface area contributed by atoms with Crippen LogP contribution >= 0.6 is 0 Å². The van der Waals surface area contributed by atoms with Crippen LogP contribution in [0.25, 0.3) is 11.1 Å². The molecule has 3 rings (SSSR count). The zero-order chi connectivity index (χ0) is 13.2. The van der Waals surface area contributed by atoms with Gasteiger partial charge in [-0.25, -0.2) is 0 Å². The van der Waals surface area contributed by atoms with Crippen LogP contribution < -0.4 is 10.7 Å². The van der Waals surface area contributed by atoms with Gasteiger partial charge in [-0.2, -0.15) is 0 Å². The fourth-order valence-electron chi connectivity index (χ4n) is 1.95. The molecule has 0 bridgehead atoms. The Morgan fingerprint density at radius 3 is 2.05 bits per heavy atom. The highest BCUT2D eigenvalue weighted by atomic mass is 16.2. The van der Waals surface area contributed by atoms with E-state index >= 15 is 0 Å². The average Bonchev–Trinajstić information content (AvgIpc) is 3.10. The van der Waals surface area contributed by atoms with Crippen LogP contribution in [0, 0.1) is 0 Å². The van der Waals surface area contributed by atoms with Crippen LogP contribution in [-0.2, 0) is 0 Å². The molecule has 1 amide bonds. The maximum atomic E-state index is 11.9. The van der Waals surface area contributed by atoms with Crippen molar-refractivity contribution < 1.29 is 4.79 Å². The summed E-state index contributed by atoms with van der Waals surface area (Å²) in [7, 11) is 0. The number of amides is 1. The van der Waals surface area contributed by atoms with Crippen molar-refractivity contribution in [2.24, 2.45) is 0 Å². The molecule has 19 heavy (non-hydrogen) atoms. The van der Waals surface area contributed by atoms with Crippen molar-refractivity contribution in [2.75, 3.05) is 5.32 Å². The summed E-state index contributed by atoms with van der Waals surface area (Å²) in [6.45, 7) is 0. The lowest BCUT2D eigenvalue weighted by Crippen LogP contribution is -2.10. The van der Waals surface area contributed by atoms with E-state index in [1.807, 2.05) is 36.4 Å². The molecule has 0 fully saturated rings. The molecule has 0 aliphatic carbocycles. The van der Waals surface area contributed by atoms with E-state index < -0.39 is 0 Å². The standard InChI is InChI=1S/C16H11NO2/c18-15-13(11-7-3-1-4-8-11)14(15)17-16(19)12-9-5-2-6-10-12/h1-10H,(H,17,19). The summed E-state index contributed by atoms with van der Waals surface area (Å²) in [5.41, 5.74) is 2.30. The Hall–Kier alpha value is -2.68.